The summed E-state index contributed by atoms with van der Waals surface area (Å²) in [6.07, 6.45) is 5.39. The molecule has 2 unspecified atom stereocenters. The van der Waals surface area contributed by atoms with Crippen molar-refractivity contribution in [2.24, 2.45) is 0 Å². The molecule has 19 heavy (non-hydrogen) atoms. The van der Waals surface area contributed by atoms with Crippen LogP contribution in [0.25, 0.3) is 0 Å². The maximum atomic E-state index is 3.85. The SMILES string of the molecule is CC12CCCCC1(C)c1cc([Si](C)(C)C)ccc1N2. The predicted molar refractivity (Wildman–Crippen MR) is 87.3 cm³/mol. The maximum absolute atomic E-state index is 3.85. The molecule has 2 heteroatoms. The van der Waals surface area contributed by atoms with Crippen molar-refractivity contribution in [3.63, 3.8) is 0 Å². The van der Waals surface area contributed by atoms with Crippen LogP contribution in [0.4, 0.5) is 5.69 Å². The lowest BCUT2D eigenvalue weighted by molar-refractivity contribution is 0.214. The first-order chi connectivity index (χ1) is 8.76. The number of fused-ring (bicyclic) bond motifs is 3. The van der Waals surface area contributed by atoms with Crippen LogP contribution in [0.5, 0.6) is 0 Å². The standard InChI is InChI=1S/C17H27NSi/c1-16-10-6-7-11-17(16,2)18-15-9-8-13(12-14(15)16)19(3,4)5/h8-9,12,18H,6-7,10-11H2,1-5H3. The first-order valence-corrected chi connectivity index (χ1v) is 11.2. The van der Waals surface area contributed by atoms with Gasteiger partial charge in [0.05, 0.1) is 8.07 Å². The zero-order valence-electron chi connectivity index (χ0n) is 13.1. The van der Waals surface area contributed by atoms with E-state index in [-0.39, 0.29) is 5.54 Å². The summed E-state index contributed by atoms with van der Waals surface area (Å²) in [5, 5.41) is 5.45. The van der Waals surface area contributed by atoms with Crippen molar-refractivity contribution in [1.82, 2.24) is 0 Å². The van der Waals surface area contributed by atoms with Gasteiger partial charge in [0, 0.05) is 16.6 Å². The van der Waals surface area contributed by atoms with Gasteiger partial charge in [0.25, 0.3) is 0 Å². The van der Waals surface area contributed by atoms with Gasteiger partial charge in [-0.3, -0.25) is 0 Å². The van der Waals surface area contributed by atoms with E-state index in [1.54, 1.807) is 10.8 Å². The molecule has 1 aliphatic carbocycles. The highest BCUT2D eigenvalue weighted by Gasteiger charge is 2.52. The molecule has 0 radical (unpaired) electrons. The van der Waals surface area contributed by atoms with Crippen LogP contribution in [-0.4, -0.2) is 13.6 Å². The van der Waals surface area contributed by atoms with E-state index < -0.39 is 8.07 Å². The van der Waals surface area contributed by atoms with E-state index in [0.29, 0.717) is 5.41 Å². The fourth-order valence-electron chi connectivity index (χ4n) is 4.01. The van der Waals surface area contributed by atoms with Gasteiger partial charge in [-0.2, -0.15) is 0 Å². The highest BCUT2D eigenvalue weighted by atomic mass is 28.3. The van der Waals surface area contributed by atoms with Crippen LogP contribution >= 0.6 is 0 Å². The minimum Gasteiger partial charge on any atom is -0.379 e. The molecule has 1 aliphatic heterocycles. The minimum absolute atomic E-state index is 0.269. The topological polar surface area (TPSA) is 12.0 Å². The molecule has 0 spiro atoms. The van der Waals surface area contributed by atoms with Crippen molar-refractivity contribution in [1.29, 1.82) is 0 Å². The molecule has 1 aromatic rings. The van der Waals surface area contributed by atoms with E-state index in [1.807, 2.05) is 0 Å². The molecule has 0 bridgehead atoms. The number of rotatable bonds is 1. The van der Waals surface area contributed by atoms with Gasteiger partial charge in [-0.05, 0) is 31.4 Å². The van der Waals surface area contributed by atoms with Crippen molar-refractivity contribution in [3.8, 4) is 0 Å². The summed E-state index contributed by atoms with van der Waals surface area (Å²) >= 11 is 0. The van der Waals surface area contributed by atoms with E-state index in [1.165, 1.54) is 31.4 Å². The molecule has 1 saturated carbocycles. The highest BCUT2D eigenvalue weighted by molar-refractivity contribution is 6.88. The Kier molecular flexibility index (Phi) is 2.70. The largest absolute Gasteiger partial charge is 0.379 e. The van der Waals surface area contributed by atoms with E-state index in [0.717, 1.165) is 0 Å². The number of hydrogen-bond acceptors (Lipinski definition) is 1. The van der Waals surface area contributed by atoms with Crippen LogP contribution in [0.3, 0.4) is 0 Å². The van der Waals surface area contributed by atoms with E-state index in [2.05, 4.69) is 57.0 Å². The number of anilines is 1. The monoisotopic (exact) mass is 273 g/mol. The third kappa shape index (κ3) is 1.79. The van der Waals surface area contributed by atoms with Gasteiger partial charge < -0.3 is 5.32 Å². The molecule has 1 heterocycles. The van der Waals surface area contributed by atoms with E-state index >= 15 is 0 Å². The number of hydrogen-bond donors (Lipinski definition) is 1. The van der Waals surface area contributed by atoms with Crippen LogP contribution < -0.4 is 10.5 Å². The van der Waals surface area contributed by atoms with Crippen molar-refractivity contribution in [3.05, 3.63) is 23.8 Å². The Hall–Kier alpha value is -0.763. The van der Waals surface area contributed by atoms with Crippen LogP contribution in [0.15, 0.2) is 18.2 Å². The lowest BCUT2D eigenvalue weighted by Crippen LogP contribution is -2.50. The van der Waals surface area contributed by atoms with Gasteiger partial charge >= 0.3 is 0 Å². The fourth-order valence-corrected chi connectivity index (χ4v) is 5.18. The second kappa shape index (κ2) is 3.88. The lowest BCUT2D eigenvalue weighted by atomic mass is 9.62. The Balaban J connectivity index is 2.13. The second-order valence-corrected chi connectivity index (χ2v) is 13.1. The Bertz CT molecular complexity index is 516. The third-order valence-corrected chi connectivity index (χ3v) is 7.76. The fraction of sp³-hybridized carbons (Fsp3) is 0.647. The van der Waals surface area contributed by atoms with Gasteiger partial charge in [-0.15, -0.1) is 0 Å². The van der Waals surface area contributed by atoms with Crippen LogP contribution in [0.2, 0.25) is 19.6 Å². The van der Waals surface area contributed by atoms with Crippen molar-refractivity contribution in [2.45, 2.75) is 70.1 Å². The molecule has 1 nitrogen and oxygen atoms in total. The van der Waals surface area contributed by atoms with Gasteiger partial charge in [0.2, 0.25) is 0 Å². The predicted octanol–water partition coefficient (Wildman–Crippen LogP) is 4.25. The first-order valence-electron chi connectivity index (χ1n) is 7.70. The Labute approximate surface area is 118 Å². The Morgan fingerprint density at radius 2 is 1.74 bits per heavy atom. The smallest absolute Gasteiger partial charge is 0.0776 e. The van der Waals surface area contributed by atoms with Crippen LogP contribution in [0, 0.1) is 0 Å². The average molecular weight is 273 g/mol. The van der Waals surface area contributed by atoms with E-state index in [9.17, 15) is 0 Å². The summed E-state index contributed by atoms with van der Waals surface area (Å²) in [6.45, 7) is 12.2. The van der Waals surface area contributed by atoms with Gasteiger partial charge in [0.1, 0.15) is 0 Å². The van der Waals surface area contributed by atoms with Gasteiger partial charge in [0.15, 0.2) is 0 Å². The van der Waals surface area contributed by atoms with Crippen molar-refractivity contribution in [2.75, 3.05) is 5.32 Å². The van der Waals surface area contributed by atoms with E-state index in [4.69, 9.17) is 0 Å². The summed E-state index contributed by atoms with van der Waals surface area (Å²) in [6, 6.07) is 7.24. The van der Waals surface area contributed by atoms with Crippen molar-refractivity contribution < 1.29 is 0 Å². The summed E-state index contributed by atoms with van der Waals surface area (Å²) in [5.41, 5.74) is 3.59. The minimum atomic E-state index is -1.22. The lowest BCUT2D eigenvalue weighted by Gasteiger charge is -2.45. The van der Waals surface area contributed by atoms with Crippen LogP contribution in [0.1, 0.15) is 45.1 Å². The summed E-state index contributed by atoms with van der Waals surface area (Å²) in [5.74, 6) is 0. The molecular weight excluding hydrogens is 246 g/mol. The van der Waals surface area contributed by atoms with Crippen LogP contribution in [-0.2, 0) is 5.41 Å². The maximum Gasteiger partial charge on any atom is 0.0776 e. The van der Waals surface area contributed by atoms with Gasteiger partial charge in [-0.1, -0.05) is 56.7 Å². The molecule has 0 aromatic heterocycles. The average Bonchev–Trinajstić information content (AvgIpc) is 2.55. The molecule has 3 rings (SSSR count). The first kappa shape index (κ1) is 13.2. The summed E-state index contributed by atoms with van der Waals surface area (Å²) in [7, 11) is -1.22. The number of benzene rings is 1. The molecule has 2 aliphatic rings. The second-order valence-electron chi connectivity index (χ2n) is 8.01. The normalized spacial score (nSPS) is 33.5. The Morgan fingerprint density at radius 1 is 1.05 bits per heavy atom. The molecule has 104 valence electrons. The summed E-state index contributed by atoms with van der Waals surface area (Å²) in [4.78, 5) is 0. The highest BCUT2D eigenvalue weighted by Crippen LogP contribution is 2.54. The molecule has 2 atom stereocenters. The molecule has 1 aromatic carbocycles. The zero-order chi connectivity index (χ0) is 13.9. The molecular formula is C17H27NSi. The Morgan fingerprint density at radius 3 is 2.42 bits per heavy atom. The quantitative estimate of drug-likeness (QED) is 0.754. The molecule has 0 amide bonds. The third-order valence-electron chi connectivity index (χ3n) is 5.71. The molecule has 1 fully saturated rings. The molecule has 0 saturated heterocycles. The number of nitrogens with one attached hydrogen (secondary N) is 1. The summed E-state index contributed by atoms with van der Waals surface area (Å²) < 4.78 is 0. The van der Waals surface area contributed by atoms with Gasteiger partial charge in [-0.25, -0.2) is 0 Å². The zero-order valence-corrected chi connectivity index (χ0v) is 14.1. The van der Waals surface area contributed by atoms with Crippen molar-refractivity contribution >= 4 is 18.9 Å². The molecule has 1 N–H and O–H groups in total.